The number of nitrogens with two attached hydrogens (primary N) is 1. The highest BCUT2D eigenvalue weighted by Gasteiger charge is 2.38. The third-order valence-corrected chi connectivity index (χ3v) is 5.76. The largest absolute Gasteiger partial charge is 0.393 e. The van der Waals surface area contributed by atoms with Crippen molar-refractivity contribution in [2.24, 2.45) is 0 Å². The first-order chi connectivity index (χ1) is 12.2. The first kappa shape index (κ1) is 19.2. The van der Waals surface area contributed by atoms with Crippen LogP contribution in [0.2, 0.25) is 0 Å². The number of nitrogen functional groups attached to an aromatic ring is 1. The normalized spacial score (nSPS) is 25.9. The average Bonchev–Trinajstić information content (AvgIpc) is 2.54. The van der Waals surface area contributed by atoms with Gasteiger partial charge in [0.2, 0.25) is 0 Å². The summed E-state index contributed by atoms with van der Waals surface area (Å²) in [6, 6.07) is 0.875. The van der Waals surface area contributed by atoms with E-state index in [4.69, 9.17) is 5.73 Å². The molecule has 1 aromatic heterocycles. The molecule has 6 nitrogen and oxygen atoms in total. The highest BCUT2D eigenvalue weighted by Crippen LogP contribution is 2.35. The number of nitrogens with zero attached hydrogens (tertiary/aromatic N) is 3. The molecular weight excluding hydrogens is 324 g/mol. The van der Waals surface area contributed by atoms with Crippen LogP contribution >= 0.6 is 0 Å². The molecule has 0 saturated carbocycles. The third-order valence-electron chi connectivity index (χ3n) is 5.76. The van der Waals surface area contributed by atoms with Crippen molar-refractivity contribution in [2.45, 2.75) is 96.3 Å². The number of hydrogen-bond donors (Lipinski definition) is 3. The van der Waals surface area contributed by atoms with Crippen LogP contribution in [0.3, 0.4) is 0 Å². The molecular formula is C20H36N6. The van der Waals surface area contributed by atoms with Gasteiger partial charge in [-0.15, -0.1) is 0 Å². The Kier molecular flexibility index (Phi) is 5.33. The SMILES string of the molecule is CCC1CCCCN1c1ncnc(NC2CC(C)(C)NC(C)(C)C2)c1N. The topological polar surface area (TPSA) is 79.1 Å². The highest BCUT2D eigenvalue weighted by atomic mass is 15.2. The van der Waals surface area contributed by atoms with Gasteiger partial charge in [-0.25, -0.2) is 9.97 Å². The van der Waals surface area contributed by atoms with Crippen molar-refractivity contribution >= 4 is 17.3 Å². The molecule has 2 aliphatic rings. The van der Waals surface area contributed by atoms with Crippen LogP contribution in [0.1, 0.15) is 73.1 Å². The van der Waals surface area contributed by atoms with Crippen LogP contribution in [-0.2, 0) is 0 Å². The molecule has 0 spiro atoms. The number of anilines is 3. The maximum Gasteiger partial charge on any atom is 0.157 e. The Bertz CT molecular complexity index is 611. The van der Waals surface area contributed by atoms with Crippen LogP contribution in [0.15, 0.2) is 6.33 Å². The lowest BCUT2D eigenvalue weighted by atomic mass is 9.79. The Morgan fingerprint density at radius 1 is 1.19 bits per heavy atom. The Labute approximate surface area is 158 Å². The van der Waals surface area contributed by atoms with Crippen molar-refractivity contribution in [1.82, 2.24) is 15.3 Å². The quantitative estimate of drug-likeness (QED) is 0.762. The second-order valence-corrected chi connectivity index (χ2v) is 9.35. The van der Waals surface area contributed by atoms with Gasteiger partial charge in [0.05, 0.1) is 0 Å². The predicted octanol–water partition coefficient (Wildman–Crippen LogP) is 3.55. The predicted molar refractivity (Wildman–Crippen MR) is 110 cm³/mol. The van der Waals surface area contributed by atoms with E-state index in [1.165, 1.54) is 19.3 Å². The van der Waals surface area contributed by atoms with E-state index < -0.39 is 0 Å². The summed E-state index contributed by atoms with van der Waals surface area (Å²) in [6.07, 6.45) is 8.59. The van der Waals surface area contributed by atoms with E-state index in [1.807, 2.05) is 0 Å². The van der Waals surface area contributed by atoms with Crippen molar-refractivity contribution < 1.29 is 0 Å². The van der Waals surface area contributed by atoms with Gasteiger partial charge in [-0.05, 0) is 66.2 Å². The van der Waals surface area contributed by atoms with Gasteiger partial charge in [-0.3, -0.25) is 0 Å². The molecule has 3 heterocycles. The lowest BCUT2D eigenvalue weighted by molar-refractivity contribution is 0.170. The van der Waals surface area contributed by atoms with Gasteiger partial charge in [-0.1, -0.05) is 6.92 Å². The summed E-state index contributed by atoms with van der Waals surface area (Å²) < 4.78 is 0. The number of piperidine rings is 2. The van der Waals surface area contributed by atoms with Gasteiger partial charge in [-0.2, -0.15) is 0 Å². The molecule has 26 heavy (non-hydrogen) atoms. The Hall–Kier alpha value is -1.56. The zero-order valence-electron chi connectivity index (χ0n) is 17.1. The minimum Gasteiger partial charge on any atom is -0.393 e. The molecule has 0 bridgehead atoms. The smallest absolute Gasteiger partial charge is 0.157 e. The lowest BCUT2D eigenvalue weighted by Crippen LogP contribution is -2.60. The minimum atomic E-state index is 0.0875. The molecule has 1 aromatic rings. The Morgan fingerprint density at radius 3 is 2.54 bits per heavy atom. The molecule has 3 rings (SSSR count). The fraction of sp³-hybridized carbons (Fsp3) is 0.800. The van der Waals surface area contributed by atoms with Crippen molar-refractivity contribution in [3.05, 3.63) is 6.33 Å². The first-order valence-electron chi connectivity index (χ1n) is 10.1. The van der Waals surface area contributed by atoms with Crippen molar-refractivity contribution in [3.8, 4) is 0 Å². The monoisotopic (exact) mass is 360 g/mol. The van der Waals surface area contributed by atoms with Crippen molar-refractivity contribution in [1.29, 1.82) is 0 Å². The summed E-state index contributed by atoms with van der Waals surface area (Å²) in [5.74, 6) is 1.69. The van der Waals surface area contributed by atoms with Crippen molar-refractivity contribution in [3.63, 3.8) is 0 Å². The van der Waals surface area contributed by atoms with Crippen LogP contribution in [0.5, 0.6) is 0 Å². The first-order valence-corrected chi connectivity index (χ1v) is 10.1. The molecule has 146 valence electrons. The third kappa shape index (κ3) is 4.22. The number of hydrogen-bond acceptors (Lipinski definition) is 6. The van der Waals surface area contributed by atoms with Crippen LogP contribution in [0, 0.1) is 0 Å². The van der Waals surface area contributed by atoms with Gasteiger partial charge in [0.15, 0.2) is 11.6 Å². The maximum absolute atomic E-state index is 6.54. The summed E-state index contributed by atoms with van der Waals surface area (Å²) in [5.41, 5.74) is 7.41. The van der Waals surface area contributed by atoms with E-state index in [0.29, 0.717) is 17.8 Å². The van der Waals surface area contributed by atoms with Gasteiger partial charge in [0.1, 0.15) is 12.0 Å². The summed E-state index contributed by atoms with van der Waals surface area (Å²) in [4.78, 5) is 11.4. The van der Waals surface area contributed by atoms with E-state index in [2.05, 4.69) is 60.1 Å². The van der Waals surface area contributed by atoms with E-state index in [0.717, 1.165) is 37.4 Å². The standard InChI is InChI=1S/C20H36N6/c1-6-15-9-7-8-10-26(15)18-16(21)17(22-13-23-18)24-14-11-19(2,3)25-20(4,5)12-14/h13-15,25H,6-12,21H2,1-5H3,(H,22,23,24). The van der Waals surface area contributed by atoms with Gasteiger partial charge in [0, 0.05) is 29.7 Å². The molecule has 0 aromatic carbocycles. The number of nitrogens with one attached hydrogen (secondary N) is 2. The van der Waals surface area contributed by atoms with Crippen LogP contribution in [-0.4, -0.2) is 39.7 Å². The average molecular weight is 361 g/mol. The summed E-state index contributed by atoms with van der Waals surface area (Å²) in [5, 5.41) is 7.36. The zero-order chi connectivity index (χ0) is 18.9. The fourth-order valence-corrected chi connectivity index (χ4v) is 5.05. The van der Waals surface area contributed by atoms with Gasteiger partial charge >= 0.3 is 0 Å². The highest BCUT2D eigenvalue weighted by molar-refractivity contribution is 5.75. The molecule has 1 atom stereocenters. The van der Waals surface area contributed by atoms with E-state index in [-0.39, 0.29) is 11.1 Å². The second kappa shape index (κ2) is 7.22. The molecule has 6 heteroatoms. The summed E-state index contributed by atoms with van der Waals surface area (Å²) in [6.45, 7) is 12.3. The zero-order valence-corrected chi connectivity index (χ0v) is 17.1. The van der Waals surface area contributed by atoms with Crippen LogP contribution < -0.4 is 21.3 Å². The van der Waals surface area contributed by atoms with Crippen LogP contribution in [0.25, 0.3) is 0 Å². The number of rotatable bonds is 4. The van der Waals surface area contributed by atoms with E-state index in [9.17, 15) is 0 Å². The van der Waals surface area contributed by atoms with Gasteiger partial charge < -0.3 is 21.3 Å². The molecule has 2 aliphatic heterocycles. The second-order valence-electron chi connectivity index (χ2n) is 9.35. The molecule has 0 amide bonds. The number of aromatic nitrogens is 2. The molecule has 2 fully saturated rings. The molecule has 0 aliphatic carbocycles. The molecule has 2 saturated heterocycles. The Morgan fingerprint density at radius 2 is 1.88 bits per heavy atom. The van der Waals surface area contributed by atoms with Crippen LogP contribution in [0.4, 0.5) is 17.3 Å². The van der Waals surface area contributed by atoms with E-state index in [1.54, 1.807) is 6.33 Å². The fourth-order valence-electron chi connectivity index (χ4n) is 5.05. The maximum atomic E-state index is 6.54. The summed E-state index contributed by atoms with van der Waals surface area (Å²) in [7, 11) is 0. The molecule has 1 unspecified atom stereocenters. The molecule has 4 N–H and O–H groups in total. The minimum absolute atomic E-state index is 0.0875. The van der Waals surface area contributed by atoms with Crippen molar-refractivity contribution in [2.75, 3.05) is 22.5 Å². The molecule has 0 radical (unpaired) electrons. The lowest BCUT2D eigenvalue weighted by Gasteiger charge is -2.46. The van der Waals surface area contributed by atoms with E-state index >= 15 is 0 Å². The summed E-state index contributed by atoms with van der Waals surface area (Å²) >= 11 is 0. The Balaban J connectivity index is 1.81. The van der Waals surface area contributed by atoms with Gasteiger partial charge in [0.25, 0.3) is 0 Å².